The zero-order valence-electron chi connectivity index (χ0n) is 8.53. The first kappa shape index (κ1) is 9.19. The molecule has 0 radical (unpaired) electrons. The largest absolute Gasteiger partial charge is 0.272 e. The standard InChI is InChI=1S/C11H14N2O/c1-8-3-5-10(6-4-8)13-11(14)7-9(2)12-13/h3,5-6,8H,4,7H2,1-2H3. The monoisotopic (exact) mass is 190 g/mol. The zero-order chi connectivity index (χ0) is 10.1. The van der Waals surface area contributed by atoms with Crippen molar-refractivity contribution in [1.82, 2.24) is 5.01 Å². The second kappa shape index (κ2) is 3.40. The molecular formula is C11H14N2O. The maximum atomic E-state index is 11.5. The molecule has 0 bridgehead atoms. The lowest BCUT2D eigenvalue weighted by Gasteiger charge is -2.17. The van der Waals surface area contributed by atoms with E-state index in [4.69, 9.17) is 0 Å². The van der Waals surface area contributed by atoms with E-state index >= 15 is 0 Å². The Morgan fingerprint density at radius 3 is 2.86 bits per heavy atom. The molecule has 74 valence electrons. The fourth-order valence-corrected chi connectivity index (χ4v) is 1.63. The van der Waals surface area contributed by atoms with E-state index in [1.165, 1.54) is 5.01 Å². The number of rotatable bonds is 1. The van der Waals surface area contributed by atoms with Crippen LogP contribution in [-0.2, 0) is 4.79 Å². The molecule has 2 aliphatic rings. The van der Waals surface area contributed by atoms with Gasteiger partial charge in [0.05, 0.1) is 12.1 Å². The fourth-order valence-electron chi connectivity index (χ4n) is 1.63. The van der Waals surface area contributed by atoms with E-state index in [9.17, 15) is 4.79 Å². The number of hydrogen-bond donors (Lipinski definition) is 0. The van der Waals surface area contributed by atoms with Gasteiger partial charge in [0.2, 0.25) is 0 Å². The summed E-state index contributed by atoms with van der Waals surface area (Å²) in [5, 5.41) is 5.71. The number of carbonyl (C=O) groups excluding carboxylic acids is 1. The summed E-state index contributed by atoms with van der Waals surface area (Å²) < 4.78 is 0. The van der Waals surface area contributed by atoms with E-state index in [1.54, 1.807) is 0 Å². The first-order valence-electron chi connectivity index (χ1n) is 4.92. The molecule has 14 heavy (non-hydrogen) atoms. The minimum Gasteiger partial charge on any atom is -0.272 e. The predicted molar refractivity (Wildman–Crippen MR) is 55.6 cm³/mol. The molecule has 0 N–H and O–H groups in total. The van der Waals surface area contributed by atoms with Crippen LogP contribution in [0.1, 0.15) is 26.7 Å². The van der Waals surface area contributed by atoms with Gasteiger partial charge >= 0.3 is 0 Å². The summed E-state index contributed by atoms with van der Waals surface area (Å²) >= 11 is 0. The lowest BCUT2D eigenvalue weighted by atomic mass is 10.0. The van der Waals surface area contributed by atoms with Crippen LogP contribution in [0.25, 0.3) is 0 Å². The van der Waals surface area contributed by atoms with E-state index in [2.05, 4.69) is 24.2 Å². The molecule has 0 aromatic heterocycles. The summed E-state index contributed by atoms with van der Waals surface area (Å²) in [5.74, 6) is 0.648. The molecular weight excluding hydrogens is 176 g/mol. The Morgan fingerprint density at radius 2 is 2.36 bits per heavy atom. The van der Waals surface area contributed by atoms with Crippen molar-refractivity contribution in [2.24, 2.45) is 11.0 Å². The summed E-state index contributed by atoms with van der Waals surface area (Å²) in [4.78, 5) is 11.5. The molecule has 1 unspecified atom stereocenters. The number of amides is 1. The first-order valence-corrected chi connectivity index (χ1v) is 4.92. The van der Waals surface area contributed by atoms with Gasteiger partial charge in [-0.3, -0.25) is 4.79 Å². The lowest BCUT2D eigenvalue weighted by Crippen LogP contribution is -2.20. The van der Waals surface area contributed by atoms with Crippen molar-refractivity contribution in [2.45, 2.75) is 26.7 Å². The van der Waals surface area contributed by atoms with Crippen LogP contribution in [0.15, 0.2) is 29.0 Å². The molecule has 1 heterocycles. The van der Waals surface area contributed by atoms with Gasteiger partial charge in [0, 0.05) is 5.71 Å². The third kappa shape index (κ3) is 1.62. The van der Waals surface area contributed by atoms with Gasteiger partial charge in [-0.1, -0.05) is 19.1 Å². The van der Waals surface area contributed by atoms with Crippen LogP contribution in [0.4, 0.5) is 0 Å². The number of allylic oxidation sites excluding steroid dienone is 3. The van der Waals surface area contributed by atoms with Gasteiger partial charge in [0.1, 0.15) is 0 Å². The third-order valence-corrected chi connectivity index (χ3v) is 2.45. The second-order valence-electron chi connectivity index (χ2n) is 3.92. The average Bonchev–Trinajstić information content (AvgIpc) is 2.47. The van der Waals surface area contributed by atoms with Gasteiger partial charge in [-0.05, 0) is 25.3 Å². The topological polar surface area (TPSA) is 32.7 Å². The molecule has 3 heteroatoms. The van der Waals surface area contributed by atoms with E-state index < -0.39 is 0 Å². The molecule has 1 aliphatic carbocycles. The molecule has 0 aromatic rings. The average molecular weight is 190 g/mol. The van der Waals surface area contributed by atoms with Crippen molar-refractivity contribution in [1.29, 1.82) is 0 Å². The summed E-state index contributed by atoms with van der Waals surface area (Å²) in [6.45, 7) is 4.04. The Balaban J connectivity index is 2.17. The highest BCUT2D eigenvalue weighted by atomic mass is 16.2. The smallest absolute Gasteiger partial charge is 0.253 e. The minimum absolute atomic E-state index is 0.0768. The highest BCUT2D eigenvalue weighted by Gasteiger charge is 2.24. The molecule has 1 amide bonds. The minimum atomic E-state index is 0.0768. The molecule has 0 spiro atoms. The Labute approximate surface area is 83.8 Å². The number of nitrogens with zero attached hydrogens (tertiary/aromatic N) is 2. The Morgan fingerprint density at radius 1 is 1.57 bits per heavy atom. The maximum Gasteiger partial charge on any atom is 0.253 e. The Kier molecular flexibility index (Phi) is 2.23. The highest BCUT2D eigenvalue weighted by molar-refractivity contribution is 6.04. The Hall–Kier alpha value is -1.38. The second-order valence-corrected chi connectivity index (χ2v) is 3.92. The summed E-state index contributed by atoms with van der Waals surface area (Å²) in [6, 6.07) is 0. The highest BCUT2D eigenvalue weighted by Crippen LogP contribution is 2.22. The fraction of sp³-hybridized carbons (Fsp3) is 0.455. The van der Waals surface area contributed by atoms with Gasteiger partial charge in [-0.2, -0.15) is 5.10 Å². The molecule has 1 atom stereocenters. The van der Waals surface area contributed by atoms with Crippen LogP contribution >= 0.6 is 0 Å². The van der Waals surface area contributed by atoms with E-state index in [-0.39, 0.29) is 5.91 Å². The molecule has 0 fully saturated rings. The van der Waals surface area contributed by atoms with Gasteiger partial charge in [0.15, 0.2) is 0 Å². The van der Waals surface area contributed by atoms with Crippen molar-refractivity contribution in [3.63, 3.8) is 0 Å². The van der Waals surface area contributed by atoms with Crippen molar-refractivity contribution >= 4 is 11.6 Å². The molecule has 0 saturated heterocycles. The van der Waals surface area contributed by atoms with Crippen LogP contribution in [0.3, 0.4) is 0 Å². The van der Waals surface area contributed by atoms with E-state index in [1.807, 2.05) is 13.0 Å². The van der Waals surface area contributed by atoms with Gasteiger partial charge < -0.3 is 0 Å². The van der Waals surface area contributed by atoms with Crippen molar-refractivity contribution in [3.05, 3.63) is 23.9 Å². The summed E-state index contributed by atoms with van der Waals surface area (Å²) in [7, 11) is 0. The van der Waals surface area contributed by atoms with Gasteiger partial charge in [-0.15, -0.1) is 0 Å². The van der Waals surface area contributed by atoms with Crippen LogP contribution in [0.5, 0.6) is 0 Å². The predicted octanol–water partition coefficient (Wildman–Crippen LogP) is 2.07. The zero-order valence-corrected chi connectivity index (χ0v) is 8.53. The van der Waals surface area contributed by atoms with Gasteiger partial charge in [-0.25, -0.2) is 5.01 Å². The van der Waals surface area contributed by atoms with Crippen molar-refractivity contribution in [3.8, 4) is 0 Å². The van der Waals surface area contributed by atoms with E-state index in [0.29, 0.717) is 12.3 Å². The summed E-state index contributed by atoms with van der Waals surface area (Å²) in [6.07, 6.45) is 7.62. The molecule has 1 aliphatic heterocycles. The molecule has 0 aromatic carbocycles. The van der Waals surface area contributed by atoms with Crippen molar-refractivity contribution < 1.29 is 4.79 Å². The normalized spacial score (nSPS) is 26.6. The van der Waals surface area contributed by atoms with Crippen LogP contribution in [0, 0.1) is 5.92 Å². The quantitative estimate of drug-likeness (QED) is 0.623. The maximum absolute atomic E-state index is 11.5. The van der Waals surface area contributed by atoms with Crippen LogP contribution in [-0.4, -0.2) is 16.6 Å². The molecule has 2 rings (SSSR count). The van der Waals surface area contributed by atoms with E-state index in [0.717, 1.165) is 17.8 Å². The third-order valence-electron chi connectivity index (χ3n) is 2.45. The SMILES string of the molecule is CC1=NN(C2=CCC(C)C=C2)C(=O)C1. The summed E-state index contributed by atoms with van der Waals surface area (Å²) in [5.41, 5.74) is 1.81. The molecule has 0 saturated carbocycles. The van der Waals surface area contributed by atoms with Crippen LogP contribution < -0.4 is 0 Å². The van der Waals surface area contributed by atoms with Crippen molar-refractivity contribution in [2.75, 3.05) is 0 Å². The lowest BCUT2D eigenvalue weighted by molar-refractivity contribution is -0.126. The Bertz CT molecular complexity index is 352. The number of carbonyl (C=O) groups is 1. The first-order chi connectivity index (χ1) is 6.66. The number of hydrogen-bond acceptors (Lipinski definition) is 2. The van der Waals surface area contributed by atoms with Gasteiger partial charge in [0.25, 0.3) is 5.91 Å². The van der Waals surface area contributed by atoms with Crippen LogP contribution in [0.2, 0.25) is 0 Å². The molecule has 3 nitrogen and oxygen atoms in total. The number of hydrazone groups is 1.